The highest BCUT2D eigenvalue weighted by Gasteiger charge is 2.43. The lowest BCUT2D eigenvalue weighted by molar-refractivity contribution is -0.143. The number of likely N-dealkylation sites (tertiary alicyclic amines) is 1. The van der Waals surface area contributed by atoms with Gasteiger partial charge in [-0.3, -0.25) is 4.79 Å². The van der Waals surface area contributed by atoms with Crippen LogP contribution in [0, 0.1) is 11.3 Å². The van der Waals surface area contributed by atoms with Crippen LogP contribution in [0.25, 0.3) is 0 Å². The highest BCUT2D eigenvalue weighted by atomic mass is 32.1. The Morgan fingerprint density at radius 2 is 1.95 bits per heavy atom. The van der Waals surface area contributed by atoms with Gasteiger partial charge >= 0.3 is 0 Å². The van der Waals surface area contributed by atoms with Crippen LogP contribution in [0.5, 0.6) is 0 Å². The first kappa shape index (κ1) is 17.4. The van der Waals surface area contributed by atoms with Crippen molar-refractivity contribution in [1.82, 2.24) is 4.90 Å². The number of piperidine rings is 1. The Morgan fingerprint density at radius 3 is 2.35 bits per heavy atom. The van der Waals surface area contributed by atoms with E-state index < -0.39 is 11.5 Å². The van der Waals surface area contributed by atoms with E-state index in [4.69, 9.17) is 18.0 Å². The van der Waals surface area contributed by atoms with Crippen LogP contribution in [0.15, 0.2) is 0 Å². The lowest BCUT2D eigenvalue weighted by Crippen LogP contribution is -2.55. The summed E-state index contributed by atoms with van der Waals surface area (Å²) in [4.78, 5) is 15.0. The van der Waals surface area contributed by atoms with E-state index in [0.717, 1.165) is 19.3 Å². The zero-order chi connectivity index (χ0) is 15.3. The number of hydrogen-bond donors (Lipinski definition) is 2. The first-order valence-corrected chi connectivity index (χ1v) is 8.07. The molecular weight excluding hydrogens is 272 g/mol. The fraction of sp³-hybridized carbons (Fsp3) is 0.867. The van der Waals surface area contributed by atoms with Crippen molar-refractivity contribution in [2.45, 2.75) is 59.0 Å². The van der Waals surface area contributed by atoms with Crippen molar-refractivity contribution in [2.24, 2.45) is 17.1 Å². The van der Waals surface area contributed by atoms with Crippen LogP contribution in [-0.2, 0) is 4.79 Å². The second-order valence-electron chi connectivity index (χ2n) is 6.03. The molecule has 5 heteroatoms. The number of carbonyl (C=O) groups excluding carboxylic acids is 1. The molecule has 1 fully saturated rings. The Hall–Kier alpha value is -0.680. The van der Waals surface area contributed by atoms with Gasteiger partial charge in [-0.25, -0.2) is 0 Å². The molecule has 1 amide bonds. The molecule has 0 radical (unpaired) electrons. The minimum absolute atomic E-state index is 0.0136. The third-order valence-electron chi connectivity index (χ3n) is 4.44. The van der Waals surface area contributed by atoms with Crippen LogP contribution < -0.4 is 5.73 Å². The summed E-state index contributed by atoms with van der Waals surface area (Å²) in [5, 5.41) is 10.0. The smallest absolute Gasteiger partial charge is 0.235 e. The average molecular weight is 300 g/mol. The maximum atomic E-state index is 12.9. The summed E-state index contributed by atoms with van der Waals surface area (Å²) in [5.74, 6) is 0.260. The van der Waals surface area contributed by atoms with Crippen LogP contribution in [0.4, 0.5) is 0 Å². The van der Waals surface area contributed by atoms with Crippen molar-refractivity contribution in [3.8, 4) is 0 Å². The zero-order valence-electron chi connectivity index (χ0n) is 12.9. The largest absolute Gasteiger partial charge is 0.392 e. The molecule has 20 heavy (non-hydrogen) atoms. The van der Waals surface area contributed by atoms with Gasteiger partial charge in [0.15, 0.2) is 0 Å². The molecule has 0 aliphatic carbocycles. The van der Waals surface area contributed by atoms with Crippen LogP contribution in [-0.4, -0.2) is 40.1 Å². The molecule has 2 atom stereocenters. The number of β-amino-alcohol motifs (C(OH)–C–C–N with tert-alkyl or cyclic N) is 1. The molecule has 2 unspecified atom stereocenters. The topological polar surface area (TPSA) is 66.6 Å². The molecular formula is C15H28N2O2S. The Balaban J connectivity index is 2.95. The van der Waals surface area contributed by atoms with Crippen molar-refractivity contribution in [1.29, 1.82) is 0 Å². The minimum Gasteiger partial charge on any atom is -0.392 e. The molecule has 4 nitrogen and oxygen atoms in total. The van der Waals surface area contributed by atoms with E-state index in [1.54, 1.807) is 4.90 Å². The van der Waals surface area contributed by atoms with Crippen LogP contribution in [0.3, 0.4) is 0 Å². The second kappa shape index (κ2) is 7.36. The predicted molar refractivity (Wildman–Crippen MR) is 85.4 cm³/mol. The summed E-state index contributed by atoms with van der Waals surface area (Å²) >= 11 is 5.23. The summed E-state index contributed by atoms with van der Waals surface area (Å²) in [6, 6.07) is 0. The van der Waals surface area contributed by atoms with Crippen molar-refractivity contribution in [3.05, 3.63) is 0 Å². The van der Waals surface area contributed by atoms with Gasteiger partial charge in [0.25, 0.3) is 0 Å². The van der Waals surface area contributed by atoms with Crippen molar-refractivity contribution in [2.75, 3.05) is 13.1 Å². The minimum atomic E-state index is -0.723. The van der Waals surface area contributed by atoms with Crippen molar-refractivity contribution >= 4 is 23.1 Å². The predicted octanol–water partition coefficient (Wildman–Crippen LogP) is 2.09. The molecule has 0 bridgehead atoms. The SMILES string of the molecule is CCCC(CCC)(C(=O)N1CCC(C)C(O)C1)C(N)=S. The fourth-order valence-electron chi connectivity index (χ4n) is 3.08. The average Bonchev–Trinajstić information content (AvgIpc) is 2.40. The highest BCUT2D eigenvalue weighted by molar-refractivity contribution is 7.80. The van der Waals surface area contributed by atoms with Gasteiger partial charge < -0.3 is 15.7 Å². The van der Waals surface area contributed by atoms with Gasteiger partial charge in [-0.1, -0.05) is 45.8 Å². The number of rotatable bonds is 6. The Kier molecular flexibility index (Phi) is 6.40. The maximum Gasteiger partial charge on any atom is 0.235 e. The number of nitrogens with two attached hydrogens (primary N) is 1. The third-order valence-corrected chi connectivity index (χ3v) is 4.83. The summed E-state index contributed by atoms with van der Waals surface area (Å²) in [5.41, 5.74) is 5.21. The van der Waals surface area contributed by atoms with E-state index in [2.05, 4.69) is 0 Å². The summed E-state index contributed by atoms with van der Waals surface area (Å²) < 4.78 is 0. The number of amides is 1. The molecule has 1 rings (SSSR count). The molecule has 0 aromatic carbocycles. The molecule has 0 aromatic rings. The normalized spacial score (nSPS) is 23.7. The van der Waals surface area contributed by atoms with Gasteiger partial charge in [0, 0.05) is 13.1 Å². The second-order valence-corrected chi connectivity index (χ2v) is 6.47. The Morgan fingerprint density at radius 1 is 1.40 bits per heavy atom. The number of carbonyl (C=O) groups is 1. The number of hydrogen-bond acceptors (Lipinski definition) is 3. The van der Waals surface area contributed by atoms with Gasteiger partial charge in [0.05, 0.1) is 16.5 Å². The first-order valence-electron chi connectivity index (χ1n) is 7.66. The van der Waals surface area contributed by atoms with Crippen LogP contribution in [0.1, 0.15) is 52.9 Å². The fourth-order valence-corrected chi connectivity index (χ4v) is 3.37. The van der Waals surface area contributed by atoms with Gasteiger partial charge in [-0.2, -0.15) is 0 Å². The number of nitrogens with zero attached hydrogens (tertiary/aromatic N) is 1. The van der Waals surface area contributed by atoms with E-state index in [1.807, 2.05) is 20.8 Å². The Bertz CT molecular complexity index is 354. The van der Waals surface area contributed by atoms with Gasteiger partial charge in [-0.05, 0) is 25.2 Å². The third kappa shape index (κ3) is 3.50. The molecule has 1 heterocycles. The highest BCUT2D eigenvalue weighted by Crippen LogP contribution is 2.34. The number of aliphatic hydroxyl groups is 1. The monoisotopic (exact) mass is 300 g/mol. The zero-order valence-corrected chi connectivity index (χ0v) is 13.7. The van der Waals surface area contributed by atoms with Crippen molar-refractivity contribution < 1.29 is 9.90 Å². The molecule has 0 saturated carbocycles. The molecule has 0 aromatic heterocycles. The summed E-state index contributed by atoms with van der Waals surface area (Å²) in [7, 11) is 0. The molecule has 1 aliphatic rings. The molecule has 116 valence electrons. The quantitative estimate of drug-likeness (QED) is 0.737. The lowest BCUT2D eigenvalue weighted by atomic mass is 9.77. The standard InChI is InChI=1S/C15H28N2O2S/c1-4-7-15(8-5-2,13(16)20)14(19)17-9-6-11(3)12(18)10-17/h11-12,18H,4-10H2,1-3H3,(H2,16,20). The van der Waals surface area contributed by atoms with Crippen molar-refractivity contribution in [3.63, 3.8) is 0 Å². The van der Waals surface area contributed by atoms with Gasteiger partial charge in [0.2, 0.25) is 5.91 Å². The molecule has 1 saturated heterocycles. The lowest BCUT2D eigenvalue weighted by Gasteiger charge is -2.41. The van der Waals surface area contributed by atoms with Gasteiger partial charge in [0.1, 0.15) is 0 Å². The number of aliphatic hydroxyl groups excluding tert-OH is 1. The van der Waals surface area contributed by atoms with Crippen LogP contribution >= 0.6 is 12.2 Å². The molecule has 1 aliphatic heterocycles. The van der Waals surface area contributed by atoms with Crippen LogP contribution in [0.2, 0.25) is 0 Å². The summed E-state index contributed by atoms with van der Waals surface area (Å²) in [6.45, 7) is 7.20. The van der Waals surface area contributed by atoms with E-state index >= 15 is 0 Å². The molecule has 3 N–H and O–H groups in total. The van der Waals surface area contributed by atoms with E-state index in [1.165, 1.54) is 0 Å². The maximum absolute atomic E-state index is 12.9. The van der Waals surface area contributed by atoms with E-state index in [-0.39, 0.29) is 11.8 Å². The molecule has 0 spiro atoms. The summed E-state index contributed by atoms with van der Waals surface area (Å²) in [6.07, 6.45) is 3.51. The Labute approximate surface area is 127 Å². The van der Waals surface area contributed by atoms with E-state index in [9.17, 15) is 9.90 Å². The first-order chi connectivity index (χ1) is 9.39. The van der Waals surface area contributed by atoms with E-state index in [0.29, 0.717) is 30.9 Å². The number of thiocarbonyl (C=S) groups is 1. The van der Waals surface area contributed by atoms with Gasteiger partial charge in [-0.15, -0.1) is 0 Å².